The lowest BCUT2D eigenvalue weighted by Crippen LogP contribution is -2.52. The standard InChI is InChI=1S/C22H26F3N3OS/c23-22(24,25)21(11-13-28(15-21)14-16-6-2-1-3-7-16)20(29)26-12-10-19-27-17-8-4-5-9-18(17)30-19/h1-3,6-7H,4-5,8-15H2,(H,26,29). The largest absolute Gasteiger partial charge is 0.404 e. The van der Waals surface area contributed by atoms with Gasteiger partial charge in [-0.05, 0) is 44.2 Å². The average Bonchev–Trinajstić information content (AvgIpc) is 3.33. The minimum atomic E-state index is -4.58. The number of fused-ring (bicyclic) bond motifs is 1. The zero-order chi connectivity index (χ0) is 21.2. The number of alkyl halides is 3. The molecule has 0 radical (unpaired) electrons. The van der Waals surface area contributed by atoms with Gasteiger partial charge in [-0.2, -0.15) is 13.2 Å². The summed E-state index contributed by atoms with van der Waals surface area (Å²) in [6.45, 7) is 0.544. The molecule has 1 N–H and O–H groups in total. The number of amides is 1. The van der Waals surface area contributed by atoms with Crippen molar-refractivity contribution in [1.29, 1.82) is 0 Å². The fourth-order valence-electron chi connectivity index (χ4n) is 4.38. The first-order chi connectivity index (χ1) is 14.4. The summed E-state index contributed by atoms with van der Waals surface area (Å²) in [5.74, 6) is -0.910. The van der Waals surface area contributed by atoms with Crippen molar-refractivity contribution >= 4 is 17.2 Å². The third-order valence-electron chi connectivity index (χ3n) is 6.09. The Hall–Kier alpha value is -1.93. The molecule has 1 saturated heterocycles. The quantitative estimate of drug-likeness (QED) is 0.739. The van der Waals surface area contributed by atoms with Crippen LogP contribution >= 0.6 is 11.3 Å². The van der Waals surface area contributed by atoms with Crippen LogP contribution in [0.4, 0.5) is 13.2 Å². The SMILES string of the molecule is O=C(NCCc1nc2c(s1)CCCC2)C1(C(F)(F)F)CCN(Cc2ccccc2)C1. The van der Waals surface area contributed by atoms with Crippen molar-refractivity contribution in [1.82, 2.24) is 15.2 Å². The number of nitrogens with one attached hydrogen (secondary N) is 1. The molecule has 1 aliphatic heterocycles. The van der Waals surface area contributed by atoms with E-state index in [0.717, 1.165) is 35.5 Å². The van der Waals surface area contributed by atoms with E-state index in [-0.39, 0.29) is 26.1 Å². The predicted octanol–water partition coefficient (Wildman–Crippen LogP) is 4.14. The Bertz CT molecular complexity index is 860. The van der Waals surface area contributed by atoms with E-state index in [1.165, 1.54) is 11.3 Å². The molecule has 2 heterocycles. The highest BCUT2D eigenvalue weighted by molar-refractivity contribution is 7.11. The van der Waals surface area contributed by atoms with Crippen LogP contribution in [0.5, 0.6) is 0 Å². The number of carbonyl (C=O) groups excluding carboxylic acids is 1. The molecule has 30 heavy (non-hydrogen) atoms. The Kier molecular flexibility index (Phi) is 6.16. The van der Waals surface area contributed by atoms with Crippen LogP contribution in [0.1, 0.15) is 40.4 Å². The molecule has 2 aliphatic rings. The van der Waals surface area contributed by atoms with Crippen LogP contribution in [0.25, 0.3) is 0 Å². The van der Waals surface area contributed by atoms with Crippen molar-refractivity contribution in [2.45, 2.75) is 51.2 Å². The molecule has 0 saturated carbocycles. The highest BCUT2D eigenvalue weighted by Crippen LogP contribution is 2.46. The number of aryl methyl sites for hydroxylation is 2. The fraction of sp³-hybridized carbons (Fsp3) is 0.545. The van der Waals surface area contributed by atoms with Gasteiger partial charge in [0.1, 0.15) is 0 Å². The second-order valence-corrected chi connectivity index (χ2v) is 9.38. The Labute approximate surface area is 178 Å². The number of nitrogens with zero attached hydrogens (tertiary/aromatic N) is 2. The Morgan fingerprint density at radius 1 is 1.20 bits per heavy atom. The molecule has 0 bridgehead atoms. The van der Waals surface area contributed by atoms with Gasteiger partial charge in [-0.15, -0.1) is 11.3 Å². The smallest absolute Gasteiger partial charge is 0.355 e. The van der Waals surface area contributed by atoms with Crippen molar-refractivity contribution in [2.24, 2.45) is 5.41 Å². The number of halogens is 3. The third-order valence-corrected chi connectivity index (χ3v) is 7.31. The molecule has 1 amide bonds. The minimum absolute atomic E-state index is 0.182. The summed E-state index contributed by atoms with van der Waals surface area (Å²) in [7, 11) is 0. The molecular formula is C22H26F3N3OS. The Balaban J connectivity index is 1.37. The van der Waals surface area contributed by atoms with Crippen molar-refractivity contribution in [3.63, 3.8) is 0 Å². The van der Waals surface area contributed by atoms with E-state index < -0.39 is 17.5 Å². The highest BCUT2D eigenvalue weighted by atomic mass is 32.1. The van der Waals surface area contributed by atoms with Gasteiger partial charge < -0.3 is 5.32 Å². The molecule has 8 heteroatoms. The summed E-state index contributed by atoms with van der Waals surface area (Å²) >= 11 is 1.63. The summed E-state index contributed by atoms with van der Waals surface area (Å²) < 4.78 is 42.0. The Morgan fingerprint density at radius 3 is 2.70 bits per heavy atom. The van der Waals surface area contributed by atoms with Crippen LogP contribution in [0.15, 0.2) is 30.3 Å². The van der Waals surface area contributed by atoms with Gasteiger partial charge >= 0.3 is 6.18 Å². The number of hydrogen-bond donors (Lipinski definition) is 1. The number of likely N-dealkylation sites (tertiary alicyclic amines) is 1. The topological polar surface area (TPSA) is 45.2 Å². The first-order valence-corrected chi connectivity index (χ1v) is 11.3. The second-order valence-electron chi connectivity index (χ2n) is 8.22. The molecule has 2 aromatic rings. The van der Waals surface area contributed by atoms with Crippen LogP contribution in [0.3, 0.4) is 0 Å². The van der Waals surface area contributed by atoms with E-state index in [2.05, 4.69) is 10.3 Å². The highest BCUT2D eigenvalue weighted by Gasteiger charge is 2.62. The van der Waals surface area contributed by atoms with E-state index in [1.807, 2.05) is 30.3 Å². The zero-order valence-corrected chi connectivity index (χ0v) is 17.6. The summed E-state index contributed by atoms with van der Waals surface area (Å²) in [4.78, 5) is 20.3. The zero-order valence-electron chi connectivity index (χ0n) is 16.8. The van der Waals surface area contributed by atoms with Crippen LogP contribution in [0.2, 0.25) is 0 Å². The summed E-state index contributed by atoms with van der Waals surface area (Å²) in [5.41, 5.74) is -0.264. The molecule has 4 rings (SSSR count). The first kappa shape index (κ1) is 21.3. The molecule has 1 aromatic heterocycles. The van der Waals surface area contributed by atoms with Gasteiger partial charge in [-0.3, -0.25) is 9.69 Å². The number of rotatable bonds is 6. The van der Waals surface area contributed by atoms with Crippen molar-refractivity contribution in [2.75, 3.05) is 19.6 Å². The molecule has 4 nitrogen and oxygen atoms in total. The van der Waals surface area contributed by atoms with Gasteiger partial charge in [0, 0.05) is 30.9 Å². The van der Waals surface area contributed by atoms with Crippen molar-refractivity contribution in [3.05, 3.63) is 51.5 Å². The van der Waals surface area contributed by atoms with E-state index in [0.29, 0.717) is 13.0 Å². The number of carbonyl (C=O) groups is 1. The third kappa shape index (κ3) is 4.39. The number of benzene rings is 1. The predicted molar refractivity (Wildman–Crippen MR) is 110 cm³/mol. The van der Waals surface area contributed by atoms with Gasteiger partial charge in [-0.25, -0.2) is 4.98 Å². The first-order valence-electron chi connectivity index (χ1n) is 10.5. The van der Waals surface area contributed by atoms with E-state index in [9.17, 15) is 18.0 Å². The monoisotopic (exact) mass is 437 g/mol. The van der Waals surface area contributed by atoms with Crippen molar-refractivity contribution in [3.8, 4) is 0 Å². The lowest BCUT2D eigenvalue weighted by molar-refractivity contribution is -0.218. The van der Waals surface area contributed by atoms with Crippen molar-refractivity contribution < 1.29 is 18.0 Å². The Morgan fingerprint density at radius 2 is 1.97 bits per heavy atom. The number of aromatic nitrogens is 1. The summed E-state index contributed by atoms with van der Waals surface area (Å²) in [5, 5.41) is 3.47. The average molecular weight is 438 g/mol. The molecule has 1 unspecified atom stereocenters. The van der Waals surface area contributed by atoms with E-state index >= 15 is 0 Å². The molecular weight excluding hydrogens is 411 g/mol. The second kappa shape index (κ2) is 8.67. The van der Waals surface area contributed by atoms with Gasteiger partial charge in [-0.1, -0.05) is 30.3 Å². The van der Waals surface area contributed by atoms with Gasteiger partial charge in [0.25, 0.3) is 0 Å². The summed E-state index contributed by atoms with van der Waals surface area (Å²) in [6, 6.07) is 9.39. The maximum atomic E-state index is 14.0. The minimum Gasteiger partial charge on any atom is -0.355 e. The number of thiazole rings is 1. The normalized spacial score (nSPS) is 22.1. The van der Waals surface area contributed by atoms with Gasteiger partial charge in [0.2, 0.25) is 5.91 Å². The molecule has 1 fully saturated rings. The van der Waals surface area contributed by atoms with Gasteiger partial charge in [0.15, 0.2) is 5.41 Å². The maximum Gasteiger partial charge on any atom is 0.404 e. The van der Waals surface area contributed by atoms with Crippen LogP contribution in [-0.2, 0) is 30.6 Å². The lowest BCUT2D eigenvalue weighted by Gasteiger charge is -2.30. The van der Waals surface area contributed by atoms with Crippen LogP contribution in [-0.4, -0.2) is 41.6 Å². The van der Waals surface area contributed by atoms with Gasteiger partial charge in [0.05, 0.1) is 10.7 Å². The summed E-state index contributed by atoms with van der Waals surface area (Å²) in [6.07, 6.45) is 0.00838. The van der Waals surface area contributed by atoms with Crippen LogP contribution < -0.4 is 5.32 Å². The van der Waals surface area contributed by atoms with E-state index in [1.54, 1.807) is 16.2 Å². The molecule has 1 aliphatic carbocycles. The fourth-order valence-corrected chi connectivity index (χ4v) is 5.53. The van der Waals surface area contributed by atoms with E-state index in [4.69, 9.17) is 0 Å². The number of hydrogen-bond acceptors (Lipinski definition) is 4. The van der Waals surface area contributed by atoms with Crippen LogP contribution in [0, 0.1) is 5.41 Å². The maximum absolute atomic E-state index is 14.0. The lowest BCUT2D eigenvalue weighted by atomic mass is 9.85. The molecule has 162 valence electrons. The molecule has 1 aromatic carbocycles. The molecule has 0 spiro atoms. The molecule has 1 atom stereocenters.